The third kappa shape index (κ3) is 5.78. The van der Waals surface area contributed by atoms with Crippen molar-refractivity contribution < 1.29 is 13.9 Å². The van der Waals surface area contributed by atoms with E-state index in [0.29, 0.717) is 6.10 Å². The molecule has 0 aromatic heterocycles. The summed E-state index contributed by atoms with van der Waals surface area (Å²) in [6.07, 6.45) is 9.71. The summed E-state index contributed by atoms with van der Waals surface area (Å²) in [5.74, 6) is 0.833. The topological polar surface area (TPSA) is 46.1 Å². The van der Waals surface area contributed by atoms with Gasteiger partial charge in [0.05, 0.1) is 25.4 Å². The van der Waals surface area contributed by atoms with E-state index < -0.39 is 0 Å². The lowest BCUT2D eigenvalue weighted by Gasteiger charge is -2.42. The first kappa shape index (κ1) is 22.5. The van der Waals surface area contributed by atoms with Gasteiger partial charge in [0.25, 0.3) is 0 Å². The average molecular weight is 432 g/mol. The molecule has 2 heterocycles. The van der Waals surface area contributed by atoms with Crippen molar-refractivity contribution in [2.24, 2.45) is 4.99 Å². The summed E-state index contributed by atoms with van der Waals surface area (Å²) in [4.78, 5) is 7.42. The number of hydrogen-bond donors (Lipinski definition) is 1. The lowest BCUT2D eigenvalue weighted by molar-refractivity contribution is -0.0721. The Bertz CT molecular complexity index is 706. The second-order valence-electron chi connectivity index (χ2n) is 9.32. The molecule has 3 fully saturated rings. The van der Waals surface area contributed by atoms with Gasteiger partial charge in [0.2, 0.25) is 0 Å². The Kier molecular flexibility index (Phi) is 7.83. The van der Waals surface area contributed by atoms with Crippen LogP contribution in [0.15, 0.2) is 29.3 Å². The molecule has 5 nitrogen and oxygen atoms in total. The van der Waals surface area contributed by atoms with Crippen molar-refractivity contribution in [2.45, 2.75) is 75.9 Å². The number of nitrogens with one attached hydrogen (secondary N) is 1. The molecule has 2 saturated heterocycles. The number of likely N-dealkylation sites (tertiary alicyclic amines) is 1. The van der Waals surface area contributed by atoms with E-state index in [2.05, 4.69) is 17.1 Å². The molecule has 3 aliphatic rings. The summed E-state index contributed by atoms with van der Waals surface area (Å²) in [6.45, 7) is 7.29. The van der Waals surface area contributed by atoms with Gasteiger partial charge in [-0.2, -0.15) is 0 Å². The molecule has 0 radical (unpaired) electrons. The Morgan fingerprint density at radius 2 is 1.94 bits per heavy atom. The molecule has 2 aliphatic heterocycles. The first-order valence-corrected chi connectivity index (χ1v) is 12.2. The largest absolute Gasteiger partial charge is 0.376 e. The second-order valence-corrected chi connectivity index (χ2v) is 9.32. The van der Waals surface area contributed by atoms with Gasteiger partial charge in [-0.05, 0) is 69.6 Å². The number of aliphatic imine (C=N–C) groups is 1. The van der Waals surface area contributed by atoms with Crippen molar-refractivity contribution in [1.29, 1.82) is 0 Å². The van der Waals surface area contributed by atoms with E-state index in [9.17, 15) is 4.39 Å². The van der Waals surface area contributed by atoms with Crippen LogP contribution in [-0.4, -0.2) is 62.5 Å². The zero-order chi connectivity index (χ0) is 21.5. The molecule has 1 aromatic rings. The van der Waals surface area contributed by atoms with Crippen LogP contribution in [0.5, 0.6) is 0 Å². The molecule has 1 atom stereocenters. The van der Waals surface area contributed by atoms with Crippen molar-refractivity contribution in [3.63, 3.8) is 0 Å². The highest BCUT2D eigenvalue weighted by molar-refractivity contribution is 5.80. The second kappa shape index (κ2) is 10.8. The maximum atomic E-state index is 13.4. The van der Waals surface area contributed by atoms with Gasteiger partial charge < -0.3 is 19.7 Å². The quantitative estimate of drug-likeness (QED) is 0.518. The Morgan fingerprint density at radius 1 is 1.16 bits per heavy atom. The van der Waals surface area contributed by atoms with Gasteiger partial charge in [-0.15, -0.1) is 0 Å². The Morgan fingerprint density at radius 3 is 2.55 bits per heavy atom. The van der Waals surface area contributed by atoms with Gasteiger partial charge in [-0.3, -0.25) is 4.99 Å². The molecule has 6 heteroatoms. The number of ether oxygens (including phenoxy) is 2. The molecule has 1 N–H and O–H groups in total. The zero-order valence-corrected chi connectivity index (χ0v) is 19.0. The van der Waals surface area contributed by atoms with Crippen molar-refractivity contribution in [3.8, 4) is 0 Å². The predicted molar refractivity (Wildman–Crippen MR) is 122 cm³/mol. The molecule has 31 heavy (non-hydrogen) atoms. The van der Waals surface area contributed by atoms with Gasteiger partial charge >= 0.3 is 0 Å². The minimum Gasteiger partial charge on any atom is -0.376 e. The highest BCUT2D eigenvalue weighted by atomic mass is 19.1. The van der Waals surface area contributed by atoms with Crippen molar-refractivity contribution >= 4 is 5.96 Å². The Hall–Kier alpha value is -1.66. The molecule has 1 unspecified atom stereocenters. The van der Waals surface area contributed by atoms with E-state index in [4.69, 9.17) is 14.5 Å². The fraction of sp³-hybridized carbons (Fsp3) is 0.720. The average Bonchev–Trinajstić information content (AvgIpc) is 2.78. The standard InChI is InChI=1S/C25H38FN3O2/c1-2-27-24(28-19-25(13-5-14-25)20-7-9-21(26)10-8-20)29-15-11-22(12-16-29)31-18-23-6-3-4-17-30-23/h7-10,22-23H,2-6,11-19H2,1H3,(H,27,28). The lowest BCUT2D eigenvalue weighted by atomic mass is 9.64. The van der Waals surface area contributed by atoms with E-state index in [-0.39, 0.29) is 17.3 Å². The number of nitrogens with zero attached hydrogens (tertiary/aromatic N) is 2. The van der Waals surface area contributed by atoms with E-state index in [1.807, 2.05) is 12.1 Å². The van der Waals surface area contributed by atoms with Crippen molar-refractivity contribution in [2.75, 3.05) is 39.4 Å². The van der Waals surface area contributed by atoms with Crippen LogP contribution in [0.4, 0.5) is 4.39 Å². The number of piperidine rings is 1. The molecular formula is C25H38FN3O2. The van der Waals surface area contributed by atoms with Gasteiger partial charge in [0.1, 0.15) is 5.82 Å². The molecular weight excluding hydrogens is 393 g/mol. The minimum atomic E-state index is -0.171. The molecule has 0 spiro atoms. The normalized spacial score (nSPS) is 24.6. The van der Waals surface area contributed by atoms with E-state index >= 15 is 0 Å². The number of guanidine groups is 1. The van der Waals surface area contributed by atoms with Gasteiger partial charge in [0, 0.05) is 31.7 Å². The van der Waals surface area contributed by atoms with Crippen LogP contribution in [0, 0.1) is 5.82 Å². The number of hydrogen-bond acceptors (Lipinski definition) is 3. The highest BCUT2D eigenvalue weighted by Crippen LogP contribution is 2.44. The molecule has 172 valence electrons. The predicted octanol–water partition coefficient (Wildman–Crippen LogP) is 4.26. The molecule has 4 rings (SSSR count). The van der Waals surface area contributed by atoms with Gasteiger partial charge in [-0.25, -0.2) is 4.39 Å². The number of rotatable bonds is 7. The monoisotopic (exact) mass is 431 g/mol. The van der Waals surface area contributed by atoms with Crippen LogP contribution in [-0.2, 0) is 14.9 Å². The minimum absolute atomic E-state index is 0.0653. The third-order valence-electron chi connectivity index (χ3n) is 7.17. The van der Waals surface area contributed by atoms with Crippen LogP contribution in [0.3, 0.4) is 0 Å². The van der Waals surface area contributed by atoms with Crippen LogP contribution in [0.2, 0.25) is 0 Å². The first-order chi connectivity index (χ1) is 15.2. The maximum absolute atomic E-state index is 13.4. The van der Waals surface area contributed by atoms with Crippen LogP contribution >= 0.6 is 0 Å². The fourth-order valence-electron chi connectivity index (χ4n) is 5.01. The lowest BCUT2D eigenvalue weighted by Crippen LogP contribution is -2.48. The fourth-order valence-corrected chi connectivity index (χ4v) is 5.01. The summed E-state index contributed by atoms with van der Waals surface area (Å²) >= 11 is 0. The summed E-state index contributed by atoms with van der Waals surface area (Å²) in [6, 6.07) is 7.03. The summed E-state index contributed by atoms with van der Waals surface area (Å²) in [7, 11) is 0. The summed E-state index contributed by atoms with van der Waals surface area (Å²) < 4.78 is 25.4. The van der Waals surface area contributed by atoms with Gasteiger partial charge in [-0.1, -0.05) is 18.6 Å². The maximum Gasteiger partial charge on any atom is 0.193 e. The van der Waals surface area contributed by atoms with Crippen LogP contribution in [0.25, 0.3) is 0 Å². The summed E-state index contributed by atoms with van der Waals surface area (Å²) in [5, 5.41) is 3.49. The van der Waals surface area contributed by atoms with E-state index in [0.717, 1.165) is 77.5 Å². The SMILES string of the molecule is CCNC(=NCC1(c2ccc(F)cc2)CCC1)N1CCC(OCC2CCCCO2)CC1. The van der Waals surface area contributed by atoms with Crippen molar-refractivity contribution in [1.82, 2.24) is 10.2 Å². The highest BCUT2D eigenvalue weighted by Gasteiger charge is 2.38. The molecule has 1 saturated carbocycles. The van der Waals surface area contributed by atoms with Crippen molar-refractivity contribution in [3.05, 3.63) is 35.6 Å². The smallest absolute Gasteiger partial charge is 0.193 e. The zero-order valence-electron chi connectivity index (χ0n) is 19.0. The van der Waals surface area contributed by atoms with Crippen LogP contribution in [0.1, 0.15) is 63.9 Å². The van der Waals surface area contributed by atoms with Gasteiger partial charge in [0.15, 0.2) is 5.96 Å². The first-order valence-electron chi connectivity index (χ1n) is 12.2. The Labute approximate surface area is 186 Å². The summed E-state index contributed by atoms with van der Waals surface area (Å²) in [5.41, 5.74) is 1.28. The molecule has 0 amide bonds. The van der Waals surface area contributed by atoms with E-state index in [1.165, 1.54) is 24.8 Å². The molecule has 1 aromatic carbocycles. The van der Waals surface area contributed by atoms with E-state index in [1.54, 1.807) is 12.1 Å². The third-order valence-corrected chi connectivity index (χ3v) is 7.17. The Balaban J connectivity index is 1.31. The van der Waals surface area contributed by atoms with Crippen LogP contribution < -0.4 is 5.32 Å². The molecule has 1 aliphatic carbocycles. The molecule has 0 bridgehead atoms. The number of benzene rings is 1. The number of halogens is 1.